The van der Waals surface area contributed by atoms with Gasteiger partial charge in [0.15, 0.2) is 0 Å². The molecule has 4 nitrogen and oxygen atoms in total. The van der Waals surface area contributed by atoms with Crippen LogP contribution in [0.4, 0.5) is 0 Å². The Morgan fingerprint density at radius 2 is 2.57 bits per heavy atom. The number of ether oxygens (including phenoxy) is 1. The Morgan fingerprint density at radius 3 is 3.29 bits per heavy atom. The van der Waals surface area contributed by atoms with Crippen molar-refractivity contribution < 1.29 is 9.26 Å². The normalized spacial score (nSPS) is 21.6. The van der Waals surface area contributed by atoms with E-state index in [1.165, 1.54) is 12.8 Å². The predicted molar refractivity (Wildman–Crippen MR) is 51.8 cm³/mol. The van der Waals surface area contributed by atoms with Crippen molar-refractivity contribution in [3.63, 3.8) is 0 Å². The van der Waals surface area contributed by atoms with Crippen molar-refractivity contribution in [2.75, 3.05) is 13.2 Å². The van der Waals surface area contributed by atoms with Gasteiger partial charge in [-0.1, -0.05) is 5.16 Å². The molecular weight excluding hydrogens is 180 g/mol. The minimum atomic E-state index is 0.477. The smallest absolute Gasteiger partial charge is 0.128 e. The van der Waals surface area contributed by atoms with Gasteiger partial charge in [-0.2, -0.15) is 0 Å². The molecule has 78 valence electrons. The molecule has 1 aliphatic heterocycles. The van der Waals surface area contributed by atoms with E-state index < -0.39 is 0 Å². The molecule has 0 spiro atoms. The second-order valence-electron chi connectivity index (χ2n) is 3.63. The van der Waals surface area contributed by atoms with E-state index >= 15 is 0 Å². The lowest BCUT2D eigenvalue weighted by Gasteiger charge is -2.08. The van der Waals surface area contributed by atoms with Gasteiger partial charge in [0.25, 0.3) is 0 Å². The van der Waals surface area contributed by atoms with E-state index in [2.05, 4.69) is 10.5 Å². The maximum Gasteiger partial charge on any atom is 0.128 e. The molecule has 1 saturated heterocycles. The Kier molecular flexibility index (Phi) is 3.54. The molecule has 1 aliphatic rings. The SMILES string of the molecule is c1nocc1CNCCC1CCCO1. The Hall–Kier alpha value is -0.870. The molecule has 0 bridgehead atoms. The molecule has 2 rings (SSSR count). The van der Waals surface area contributed by atoms with Gasteiger partial charge in [0.05, 0.1) is 12.3 Å². The second-order valence-corrected chi connectivity index (χ2v) is 3.63. The number of nitrogens with zero attached hydrogens (tertiary/aromatic N) is 1. The summed E-state index contributed by atoms with van der Waals surface area (Å²) in [7, 11) is 0. The molecule has 1 N–H and O–H groups in total. The third kappa shape index (κ3) is 2.82. The van der Waals surface area contributed by atoms with Crippen LogP contribution in [0.5, 0.6) is 0 Å². The minimum Gasteiger partial charge on any atom is -0.378 e. The molecule has 0 saturated carbocycles. The van der Waals surface area contributed by atoms with Crippen LogP contribution in [0.3, 0.4) is 0 Å². The maximum atomic E-state index is 5.52. The van der Waals surface area contributed by atoms with Crippen LogP contribution in [0.15, 0.2) is 17.0 Å². The highest BCUT2D eigenvalue weighted by atomic mass is 16.5. The van der Waals surface area contributed by atoms with E-state index in [-0.39, 0.29) is 0 Å². The monoisotopic (exact) mass is 196 g/mol. The summed E-state index contributed by atoms with van der Waals surface area (Å²) in [6.07, 6.45) is 7.42. The van der Waals surface area contributed by atoms with Crippen LogP contribution in [-0.2, 0) is 11.3 Å². The molecule has 14 heavy (non-hydrogen) atoms. The van der Waals surface area contributed by atoms with E-state index in [1.807, 2.05) is 0 Å². The Balaban J connectivity index is 1.55. The lowest BCUT2D eigenvalue weighted by Crippen LogP contribution is -2.19. The van der Waals surface area contributed by atoms with Crippen molar-refractivity contribution >= 4 is 0 Å². The highest BCUT2D eigenvalue weighted by Crippen LogP contribution is 2.14. The predicted octanol–water partition coefficient (Wildman–Crippen LogP) is 1.33. The minimum absolute atomic E-state index is 0.477. The average molecular weight is 196 g/mol. The number of rotatable bonds is 5. The number of aromatic nitrogens is 1. The lowest BCUT2D eigenvalue weighted by atomic mass is 10.2. The van der Waals surface area contributed by atoms with Gasteiger partial charge >= 0.3 is 0 Å². The van der Waals surface area contributed by atoms with Crippen LogP contribution in [0, 0.1) is 0 Å². The zero-order chi connectivity index (χ0) is 9.64. The third-order valence-electron chi connectivity index (χ3n) is 2.48. The number of hydrogen-bond donors (Lipinski definition) is 1. The van der Waals surface area contributed by atoms with Crippen molar-refractivity contribution in [2.24, 2.45) is 0 Å². The van der Waals surface area contributed by atoms with Crippen molar-refractivity contribution in [3.8, 4) is 0 Å². The van der Waals surface area contributed by atoms with Crippen LogP contribution in [0.25, 0.3) is 0 Å². The molecule has 1 aromatic heterocycles. The lowest BCUT2D eigenvalue weighted by molar-refractivity contribution is 0.104. The molecule has 1 aromatic rings. The quantitative estimate of drug-likeness (QED) is 0.722. The molecular formula is C10H16N2O2. The van der Waals surface area contributed by atoms with Crippen molar-refractivity contribution in [1.29, 1.82) is 0 Å². The first-order valence-corrected chi connectivity index (χ1v) is 5.16. The van der Waals surface area contributed by atoms with E-state index in [0.29, 0.717) is 6.10 Å². The summed E-state index contributed by atoms with van der Waals surface area (Å²) in [6, 6.07) is 0. The summed E-state index contributed by atoms with van der Waals surface area (Å²) in [5.74, 6) is 0. The fourth-order valence-electron chi connectivity index (χ4n) is 1.68. The van der Waals surface area contributed by atoms with E-state index in [1.54, 1.807) is 12.5 Å². The summed E-state index contributed by atoms with van der Waals surface area (Å²) in [5.41, 5.74) is 1.09. The first kappa shape index (κ1) is 9.68. The average Bonchev–Trinajstić information content (AvgIpc) is 2.86. The largest absolute Gasteiger partial charge is 0.378 e. The number of nitrogens with one attached hydrogen (secondary N) is 1. The molecule has 1 atom stereocenters. The molecule has 0 radical (unpaired) electrons. The van der Waals surface area contributed by atoms with Crippen LogP contribution in [-0.4, -0.2) is 24.4 Å². The van der Waals surface area contributed by atoms with Crippen LogP contribution >= 0.6 is 0 Å². The van der Waals surface area contributed by atoms with Gasteiger partial charge in [-0.15, -0.1) is 0 Å². The first-order valence-electron chi connectivity index (χ1n) is 5.16. The van der Waals surface area contributed by atoms with Gasteiger partial charge in [-0.3, -0.25) is 0 Å². The fraction of sp³-hybridized carbons (Fsp3) is 0.700. The van der Waals surface area contributed by atoms with Crippen molar-refractivity contribution in [2.45, 2.75) is 31.9 Å². The third-order valence-corrected chi connectivity index (χ3v) is 2.48. The van der Waals surface area contributed by atoms with Gasteiger partial charge in [0.2, 0.25) is 0 Å². The first-order chi connectivity index (χ1) is 6.95. The summed E-state index contributed by atoms with van der Waals surface area (Å²) in [5, 5.41) is 6.97. The molecule has 0 aromatic carbocycles. The van der Waals surface area contributed by atoms with Gasteiger partial charge < -0.3 is 14.6 Å². The van der Waals surface area contributed by atoms with Crippen LogP contribution in [0.1, 0.15) is 24.8 Å². The topological polar surface area (TPSA) is 47.3 Å². The Bertz CT molecular complexity index is 243. The van der Waals surface area contributed by atoms with Gasteiger partial charge in [-0.25, -0.2) is 0 Å². The fourth-order valence-corrected chi connectivity index (χ4v) is 1.68. The second kappa shape index (κ2) is 5.12. The van der Waals surface area contributed by atoms with E-state index in [0.717, 1.165) is 31.7 Å². The molecule has 2 heterocycles. The van der Waals surface area contributed by atoms with Crippen LogP contribution in [0.2, 0.25) is 0 Å². The van der Waals surface area contributed by atoms with Crippen molar-refractivity contribution in [1.82, 2.24) is 10.5 Å². The molecule has 0 aliphatic carbocycles. The van der Waals surface area contributed by atoms with Gasteiger partial charge in [-0.05, 0) is 25.8 Å². The highest BCUT2D eigenvalue weighted by Gasteiger charge is 2.14. The Morgan fingerprint density at radius 1 is 1.57 bits per heavy atom. The highest BCUT2D eigenvalue weighted by molar-refractivity contribution is 4.98. The van der Waals surface area contributed by atoms with Gasteiger partial charge in [0.1, 0.15) is 6.26 Å². The summed E-state index contributed by atoms with van der Waals surface area (Å²) in [6.45, 7) is 2.77. The summed E-state index contributed by atoms with van der Waals surface area (Å²) >= 11 is 0. The van der Waals surface area contributed by atoms with Crippen molar-refractivity contribution in [3.05, 3.63) is 18.0 Å². The zero-order valence-corrected chi connectivity index (χ0v) is 8.24. The number of hydrogen-bond acceptors (Lipinski definition) is 4. The summed E-state index contributed by atoms with van der Waals surface area (Å²) in [4.78, 5) is 0. The molecule has 1 fully saturated rings. The summed E-state index contributed by atoms with van der Waals surface area (Å²) < 4.78 is 10.2. The standard InChI is InChI=1S/C10H16N2O2/c1-2-10(13-5-1)3-4-11-6-9-7-12-14-8-9/h7-8,10-11H,1-6H2. The zero-order valence-electron chi connectivity index (χ0n) is 8.24. The molecule has 4 heteroatoms. The molecule has 0 amide bonds. The van der Waals surface area contributed by atoms with E-state index in [4.69, 9.17) is 9.26 Å². The van der Waals surface area contributed by atoms with Gasteiger partial charge in [0, 0.05) is 18.7 Å². The molecule has 1 unspecified atom stereocenters. The Labute approximate surface area is 83.6 Å². The maximum absolute atomic E-state index is 5.52. The van der Waals surface area contributed by atoms with Crippen LogP contribution < -0.4 is 5.32 Å². The van der Waals surface area contributed by atoms with E-state index in [9.17, 15) is 0 Å².